The van der Waals surface area contributed by atoms with Crippen LogP contribution < -0.4 is 0 Å². The van der Waals surface area contributed by atoms with Gasteiger partial charge in [-0.3, -0.25) is 9.80 Å². The van der Waals surface area contributed by atoms with Gasteiger partial charge in [0.2, 0.25) is 0 Å². The molecule has 90 valence electrons. The van der Waals surface area contributed by atoms with Crippen molar-refractivity contribution >= 4 is 0 Å². The zero-order chi connectivity index (χ0) is 12.1. The summed E-state index contributed by atoms with van der Waals surface area (Å²) in [5.74, 6) is 2.51. The Morgan fingerprint density at radius 1 is 1.18 bits per heavy atom. The number of hydrogen-bond acceptors (Lipinski definition) is 2. The predicted molar refractivity (Wildman–Crippen MR) is 67.0 cm³/mol. The molecule has 0 aromatic heterocycles. The van der Waals surface area contributed by atoms with E-state index in [1.165, 1.54) is 6.07 Å². The van der Waals surface area contributed by atoms with Gasteiger partial charge in [-0.1, -0.05) is 18.1 Å². The van der Waals surface area contributed by atoms with Gasteiger partial charge >= 0.3 is 0 Å². The van der Waals surface area contributed by atoms with Crippen LogP contribution in [0.15, 0.2) is 24.3 Å². The van der Waals surface area contributed by atoms with Gasteiger partial charge in [0, 0.05) is 32.7 Å². The first-order valence-corrected chi connectivity index (χ1v) is 5.90. The molecule has 0 bridgehead atoms. The zero-order valence-corrected chi connectivity index (χ0v) is 9.90. The van der Waals surface area contributed by atoms with Crippen molar-refractivity contribution in [3.8, 4) is 12.3 Å². The highest BCUT2D eigenvalue weighted by Crippen LogP contribution is 2.09. The lowest BCUT2D eigenvalue weighted by Gasteiger charge is -2.33. The highest BCUT2D eigenvalue weighted by atomic mass is 19.1. The molecule has 2 nitrogen and oxygen atoms in total. The van der Waals surface area contributed by atoms with Crippen molar-refractivity contribution in [1.82, 2.24) is 9.80 Å². The van der Waals surface area contributed by atoms with Gasteiger partial charge in [-0.2, -0.15) is 0 Å². The first-order valence-electron chi connectivity index (χ1n) is 5.90. The van der Waals surface area contributed by atoms with Crippen molar-refractivity contribution in [2.45, 2.75) is 6.54 Å². The van der Waals surface area contributed by atoms with Crippen molar-refractivity contribution in [1.29, 1.82) is 0 Å². The molecule has 3 heteroatoms. The van der Waals surface area contributed by atoms with E-state index in [1.54, 1.807) is 12.1 Å². The number of rotatable bonds is 3. The van der Waals surface area contributed by atoms with Crippen LogP contribution >= 0.6 is 0 Å². The van der Waals surface area contributed by atoms with Crippen molar-refractivity contribution in [3.05, 3.63) is 35.6 Å². The fraction of sp³-hybridized carbons (Fsp3) is 0.429. The van der Waals surface area contributed by atoms with Crippen molar-refractivity contribution in [3.63, 3.8) is 0 Å². The Morgan fingerprint density at radius 3 is 2.53 bits per heavy atom. The highest BCUT2D eigenvalue weighted by Gasteiger charge is 2.15. The summed E-state index contributed by atoms with van der Waals surface area (Å²) in [7, 11) is 0. The lowest BCUT2D eigenvalue weighted by atomic mass is 10.2. The average Bonchev–Trinajstić information content (AvgIpc) is 2.32. The highest BCUT2D eigenvalue weighted by molar-refractivity contribution is 5.16. The van der Waals surface area contributed by atoms with E-state index in [0.717, 1.165) is 44.8 Å². The van der Waals surface area contributed by atoms with Crippen LogP contribution in [0.5, 0.6) is 0 Å². The molecule has 1 aromatic carbocycles. The Morgan fingerprint density at radius 2 is 1.88 bits per heavy atom. The second-order valence-corrected chi connectivity index (χ2v) is 4.39. The van der Waals surface area contributed by atoms with E-state index in [-0.39, 0.29) is 5.82 Å². The molecule has 0 atom stereocenters. The van der Waals surface area contributed by atoms with Gasteiger partial charge in [-0.05, 0) is 17.7 Å². The number of nitrogens with zero attached hydrogens (tertiary/aromatic N) is 2. The number of hydrogen-bond donors (Lipinski definition) is 0. The fourth-order valence-corrected chi connectivity index (χ4v) is 2.13. The third-order valence-electron chi connectivity index (χ3n) is 3.08. The summed E-state index contributed by atoms with van der Waals surface area (Å²) in [5.41, 5.74) is 1.04. The Hall–Kier alpha value is -1.37. The van der Waals surface area contributed by atoms with Crippen molar-refractivity contribution < 1.29 is 4.39 Å². The quantitative estimate of drug-likeness (QED) is 0.730. The molecule has 0 saturated carbocycles. The molecule has 0 N–H and O–H groups in total. The zero-order valence-electron chi connectivity index (χ0n) is 9.90. The monoisotopic (exact) mass is 232 g/mol. The molecular weight excluding hydrogens is 215 g/mol. The van der Waals surface area contributed by atoms with Gasteiger partial charge in [0.15, 0.2) is 0 Å². The largest absolute Gasteiger partial charge is 0.297 e. The molecule has 0 aliphatic carbocycles. The Labute approximate surface area is 102 Å². The number of terminal acetylenes is 1. The van der Waals surface area contributed by atoms with Crippen LogP contribution in [0.1, 0.15) is 5.56 Å². The minimum Gasteiger partial charge on any atom is -0.297 e. The SMILES string of the molecule is C#CCN1CCN(Cc2cccc(F)c2)CC1. The van der Waals surface area contributed by atoms with Crippen LogP contribution in [-0.4, -0.2) is 42.5 Å². The van der Waals surface area contributed by atoms with Crippen LogP contribution in [0.2, 0.25) is 0 Å². The van der Waals surface area contributed by atoms with Crippen LogP contribution in [0.3, 0.4) is 0 Å². The summed E-state index contributed by atoms with van der Waals surface area (Å²) in [6.07, 6.45) is 5.29. The van der Waals surface area contributed by atoms with Crippen LogP contribution in [0.25, 0.3) is 0 Å². The molecule has 0 amide bonds. The Balaban J connectivity index is 1.84. The van der Waals surface area contributed by atoms with E-state index in [0.29, 0.717) is 0 Å². The minimum absolute atomic E-state index is 0.159. The average molecular weight is 232 g/mol. The maximum absolute atomic E-state index is 13.0. The first kappa shape index (κ1) is 12.1. The lowest BCUT2D eigenvalue weighted by Crippen LogP contribution is -2.45. The van der Waals surface area contributed by atoms with Gasteiger partial charge in [-0.25, -0.2) is 4.39 Å². The molecule has 2 rings (SSSR count). The summed E-state index contributed by atoms with van der Waals surface area (Å²) in [6.45, 7) is 5.55. The van der Waals surface area contributed by atoms with Crippen LogP contribution in [0.4, 0.5) is 4.39 Å². The van der Waals surface area contributed by atoms with Gasteiger partial charge in [0.25, 0.3) is 0 Å². The maximum atomic E-state index is 13.0. The van der Waals surface area contributed by atoms with Crippen molar-refractivity contribution in [2.24, 2.45) is 0 Å². The molecule has 17 heavy (non-hydrogen) atoms. The van der Waals surface area contributed by atoms with E-state index in [9.17, 15) is 4.39 Å². The summed E-state index contributed by atoms with van der Waals surface area (Å²) in [6, 6.07) is 6.82. The number of benzene rings is 1. The van der Waals surface area contributed by atoms with Crippen LogP contribution in [0, 0.1) is 18.2 Å². The summed E-state index contributed by atoms with van der Waals surface area (Å²) < 4.78 is 13.0. The van der Waals surface area contributed by atoms with E-state index in [2.05, 4.69) is 15.7 Å². The third-order valence-corrected chi connectivity index (χ3v) is 3.08. The van der Waals surface area contributed by atoms with Gasteiger partial charge in [0.05, 0.1) is 6.54 Å². The Kier molecular flexibility index (Phi) is 4.13. The molecule has 1 aliphatic rings. The van der Waals surface area contributed by atoms with E-state index < -0.39 is 0 Å². The molecular formula is C14H17FN2. The summed E-state index contributed by atoms with van der Waals surface area (Å²) >= 11 is 0. The second-order valence-electron chi connectivity index (χ2n) is 4.39. The van der Waals surface area contributed by atoms with E-state index >= 15 is 0 Å². The van der Waals surface area contributed by atoms with E-state index in [1.807, 2.05) is 6.07 Å². The maximum Gasteiger partial charge on any atom is 0.123 e. The van der Waals surface area contributed by atoms with E-state index in [4.69, 9.17) is 6.42 Å². The number of piperazine rings is 1. The van der Waals surface area contributed by atoms with Crippen molar-refractivity contribution in [2.75, 3.05) is 32.7 Å². The molecule has 1 saturated heterocycles. The lowest BCUT2D eigenvalue weighted by molar-refractivity contribution is 0.138. The van der Waals surface area contributed by atoms with Gasteiger partial charge < -0.3 is 0 Å². The normalized spacial score (nSPS) is 17.9. The molecule has 0 radical (unpaired) electrons. The summed E-state index contributed by atoms with van der Waals surface area (Å²) in [4.78, 5) is 4.60. The third kappa shape index (κ3) is 3.55. The van der Waals surface area contributed by atoms with Crippen LogP contribution in [-0.2, 0) is 6.54 Å². The molecule has 1 aliphatic heterocycles. The predicted octanol–water partition coefficient (Wildman–Crippen LogP) is 1.58. The smallest absolute Gasteiger partial charge is 0.123 e. The topological polar surface area (TPSA) is 6.48 Å². The second kappa shape index (κ2) is 5.81. The summed E-state index contributed by atoms with van der Waals surface area (Å²) in [5, 5.41) is 0. The molecule has 1 heterocycles. The molecule has 1 aromatic rings. The minimum atomic E-state index is -0.159. The fourth-order valence-electron chi connectivity index (χ4n) is 2.13. The molecule has 0 spiro atoms. The standard InChI is InChI=1S/C14H17FN2/c1-2-6-16-7-9-17(10-8-16)12-13-4-3-5-14(15)11-13/h1,3-5,11H,6-10,12H2. The number of halogens is 1. The Bertz CT molecular complexity index is 403. The first-order chi connectivity index (χ1) is 8.28. The van der Waals surface area contributed by atoms with Gasteiger partial charge in [-0.15, -0.1) is 6.42 Å². The molecule has 1 fully saturated rings. The molecule has 0 unspecified atom stereocenters. The van der Waals surface area contributed by atoms with Gasteiger partial charge in [0.1, 0.15) is 5.82 Å².